The maximum absolute atomic E-state index is 12.3. The molecule has 0 saturated carbocycles. The highest BCUT2D eigenvalue weighted by Gasteiger charge is 2.36. The highest BCUT2D eigenvalue weighted by Crippen LogP contribution is 2.28. The third kappa shape index (κ3) is 4.59. The number of hydrogen-bond donors (Lipinski definition) is 1. The van der Waals surface area contributed by atoms with Gasteiger partial charge in [0, 0.05) is 28.8 Å². The van der Waals surface area contributed by atoms with Gasteiger partial charge in [0.15, 0.2) is 6.61 Å². The monoisotopic (exact) mass is 444 g/mol. The number of amides is 2. The van der Waals surface area contributed by atoms with E-state index in [1.165, 1.54) is 0 Å². The number of esters is 1. The van der Waals surface area contributed by atoms with Crippen LogP contribution in [0.2, 0.25) is 0 Å². The summed E-state index contributed by atoms with van der Waals surface area (Å²) in [7, 11) is 0. The summed E-state index contributed by atoms with van der Waals surface area (Å²) >= 11 is 3.40. The lowest BCUT2D eigenvalue weighted by atomic mass is 10.1. The summed E-state index contributed by atoms with van der Waals surface area (Å²) < 4.78 is 6.08. The standard InChI is InChI=1S/C21H21BrN2O4/c1-13-5-3-4-6-18(13)24-11-15(10-20(24)26)21(27)28-12-19(25)23-16-7-8-17(22)14(2)9-16/h3-9,15H,10-12H2,1-2H3,(H,23,25)/t15-/m1/s1. The molecule has 1 N–H and O–H groups in total. The van der Waals surface area contributed by atoms with Crippen molar-refractivity contribution < 1.29 is 19.1 Å². The number of hydrogen-bond acceptors (Lipinski definition) is 4. The van der Waals surface area contributed by atoms with Gasteiger partial charge in [-0.25, -0.2) is 0 Å². The molecule has 28 heavy (non-hydrogen) atoms. The molecule has 0 spiro atoms. The molecule has 3 rings (SSSR count). The Balaban J connectivity index is 1.54. The first kappa shape index (κ1) is 20.1. The molecule has 0 unspecified atom stereocenters. The Morgan fingerprint density at radius 3 is 2.64 bits per heavy atom. The zero-order chi connectivity index (χ0) is 20.3. The van der Waals surface area contributed by atoms with Gasteiger partial charge in [-0.3, -0.25) is 14.4 Å². The molecule has 1 aliphatic heterocycles. The Hall–Kier alpha value is -2.67. The second-order valence-electron chi connectivity index (χ2n) is 6.81. The van der Waals surface area contributed by atoms with Crippen LogP contribution in [-0.2, 0) is 19.1 Å². The van der Waals surface area contributed by atoms with Crippen LogP contribution in [0.5, 0.6) is 0 Å². The number of anilines is 2. The summed E-state index contributed by atoms with van der Waals surface area (Å²) in [5.74, 6) is -1.65. The fourth-order valence-electron chi connectivity index (χ4n) is 3.14. The van der Waals surface area contributed by atoms with Crippen LogP contribution in [0.3, 0.4) is 0 Å². The van der Waals surface area contributed by atoms with Gasteiger partial charge in [-0.15, -0.1) is 0 Å². The first-order chi connectivity index (χ1) is 13.3. The molecule has 0 aliphatic carbocycles. The summed E-state index contributed by atoms with van der Waals surface area (Å²) in [6.07, 6.45) is 0.0840. The lowest BCUT2D eigenvalue weighted by Gasteiger charge is -2.18. The third-order valence-corrected chi connectivity index (χ3v) is 5.54. The van der Waals surface area contributed by atoms with E-state index in [-0.39, 0.29) is 25.5 Å². The van der Waals surface area contributed by atoms with Gasteiger partial charge in [0.05, 0.1) is 5.92 Å². The van der Waals surface area contributed by atoms with Crippen LogP contribution in [0.25, 0.3) is 0 Å². The molecule has 0 aromatic heterocycles. The number of halogens is 1. The topological polar surface area (TPSA) is 75.7 Å². The number of nitrogens with one attached hydrogen (secondary N) is 1. The van der Waals surface area contributed by atoms with E-state index in [0.717, 1.165) is 21.3 Å². The number of aryl methyl sites for hydroxylation is 2. The van der Waals surface area contributed by atoms with Gasteiger partial charge in [-0.05, 0) is 49.2 Å². The van der Waals surface area contributed by atoms with Gasteiger partial charge in [0.1, 0.15) is 0 Å². The van der Waals surface area contributed by atoms with E-state index < -0.39 is 17.8 Å². The van der Waals surface area contributed by atoms with Crippen LogP contribution in [0.4, 0.5) is 11.4 Å². The fraction of sp³-hybridized carbons (Fsp3) is 0.286. The predicted octanol–water partition coefficient (Wildman–Crippen LogP) is 3.60. The lowest BCUT2D eigenvalue weighted by molar-refractivity contribution is -0.151. The average Bonchev–Trinajstić information content (AvgIpc) is 3.05. The molecular weight excluding hydrogens is 424 g/mol. The second-order valence-corrected chi connectivity index (χ2v) is 7.67. The van der Waals surface area contributed by atoms with Crippen LogP contribution in [0.15, 0.2) is 46.9 Å². The van der Waals surface area contributed by atoms with Gasteiger partial charge in [0.2, 0.25) is 5.91 Å². The van der Waals surface area contributed by atoms with Crippen molar-refractivity contribution in [2.75, 3.05) is 23.4 Å². The maximum Gasteiger partial charge on any atom is 0.311 e. The van der Waals surface area contributed by atoms with Crippen molar-refractivity contribution in [1.82, 2.24) is 0 Å². The molecule has 6 nitrogen and oxygen atoms in total. The molecule has 0 radical (unpaired) electrons. The first-order valence-electron chi connectivity index (χ1n) is 8.94. The van der Waals surface area contributed by atoms with Gasteiger partial charge < -0.3 is 15.0 Å². The Morgan fingerprint density at radius 2 is 1.93 bits per heavy atom. The molecule has 146 valence electrons. The van der Waals surface area contributed by atoms with E-state index in [1.807, 2.05) is 50.2 Å². The van der Waals surface area contributed by atoms with Crippen molar-refractivity contribution >= 4 is 45.1 Å². The van der Waals surface area contributed by atoms with Crippen molar-refractivity contribution in [2.45, 2.75) is 20.3 Å². The van der Waals surface area contributed by atoms with Crippen molar-refractivity contribution in [2.24, 2.45) is 5.92 Å². The normalized spacial score (nSPS) is 16.2. The number of ether oxygens (including phenoxy) is 1. The van der Waals surface area contributed by atoms with E-state index in [4.69, 9.17) is 4.74 Å². The minimum atomic E-state index is -0.574. The first-order valence-corrected chi connectivity index (χ1v) is 9.73. The summed E-state index contributed by atoms with van der Waals surface area (Å²) in [6, 6.07) is 12.9. The van der Waals surface area contributed by atoms with Crippen molar-refractivity contribution in [3.8, 4) is 0 Å². The molecule has 1 atom stereocenters. The number of rotatable bonds is 5. The molecule has 0 bridgehead atoms. The maximum atomic E-state index is 12.3. The SMILES string of the molecule is Cc1cc(NC(=O)COC(=O)[C@@H]2CC(=O)N(c3ccccc3C)C2)ccc1Br. The summed E-state index contributed by atoms with van der Waals surface area (Å²) in [5, 5.41) is 2.69. The van der Waals surface area contributed by atoms with E-state index in [9.17, 15) is 14.4 Å². The van der Waals surface area contributed by atoms with Gasteiger partial charge in [-0.2, -0.15) is 0 Å². The zero-order valence-electron chi connectivity index (χ0n) is 15.7. The molecule has 1 saturated heterocycles. The highest BCUT2D eigenvalue weighted by atomic mass is 79.9. The van der Waals surface area contributed by atoms with E-state index in [2.05, 4.69) is 21.2 Å². The minimum Gasteiger partial charge on any atom is -0.455 e. The Morgan fingerprint density at radius 1 is 1.18 bits per heavy atom. The highest BCUT2D eigenvalue weighted by molar-refractivity contribution is 9.10. The number of benzene rings is 2. The Kier molecular flexibility index (Phi) is 6.14. The number of carbonyl (C=O) groups is 3. The summed E-state index contributed by atoms with van der Waals surface area (Å²) in [6.45, 7) is 3.71. The largest absolute Gasteiger partial charge is 0.455 e. The zero-order valence-corrected chi connectivity index (χ0v) is 17.3. The molecule has 1 heterocycles. The smallest absolute Gasteiger partial charge is 0.311 e. The van der Waals surface area contributed by atoms with Crippen LogP contribution in [0, 0.1) is 19.8 Å². The molecule has 1 aliphatic rings. The molecule has 2 amide bonds. The Bertz CT molecular complexity index is 928. The van der Waals surface area contributed by atoms with E-state index >= 15 is 0 Å². The average molecular weight is 445 g/mol. The van der Waals surface area contributed by atoms with Gasteiger partial charge >= 0.3 is 5.97 Å². The number of para-hydroxylation sites is 1. The van der Waals surface area contributed by atoms with Crippen molar-refractivity contribution in [3.05, 3.63) is 58.1 Å². The van der Waals surface area contributed by atoms with Crippen LogP contribution in [0.1, 0.15) is 17.5 Å². The summed E-state index contributed by atoms with van der Waals surface area (Å²) in [4.78, 5) is 38.3. The number of carbonyl (C=O) groups excluding carboxylic acids is 3. The predicted molar refractivity (Wildman–Crippen MR) is 110 cm³/mol. The number of nitrogens with zero attached hydrogens (tertiary/aromatic N) is 1. The third-order valence-electron chi connectivity index (χ3n) is 4.65. The fourth-order valence-corrected chi connectivity index (χ4v) is 3.39. The second kappa shape index (κ2) is 8.56. The van der Waals surface area contributed by atoms with Crippen LogP contribution >= 0.6 is 15.9 Å². The molecule has 2 aromatic carbocycles. The molecule has 7 heteroatoms. The minimum absolute atomic E-state index is 0.0840. The Labute approximate surface area is 172 Å². The van der Waals surface area contributed by atoms with E-state index in [1.54, 1.807) is 11.0 Å². The van der Waals surface area contributed by atoms with Crippen LogP contribution in [-0.4, -0.2) is 30.9 Å². The molecular formula is C21H21BrN2O4. The lowest BCUT2D eigenvalue weighted by Crippen LogP contribution is -2.28. The van der Waals surface area contributed by atoms with Crippen molar-refractivity contribution in [3.63, 3.8) is 0 Å². The van der Waals surface area contributed by atoms with Crippen LogP contribution < -0.4 is 10.2 Å². The van der Waals surface area contributed by atoms with Crippen molar-refractivity contribution in [1.29, 1.82) is 0 Å². The van der Waals surface area contributed by atoms with Gasteiger partial charge in [-0.1, -0.05) is 34.1 Å². The molecule has 2 aromatic rings. The quantitative estimate of drug-likeness (QED) is 0.714. The molecule has 1 fully saturated rings. The van der Waals surface area contributed by atoms with Gasteiger partial charge in [0.25, 0.3) is 5.91 Å². The van der Waals surface area contributed by atoms with E-state index in [0.29, 0.717) is 5.69 Å². The summed E-state index contributed by atoms with van der Waals surface area (Å²) in [5.41, 5.74) is 3.37.